The topological polar surface area (TPSA) is 101 Å². The van der Waals surface area contributed by atoms with Gasteiger partial charge in [0.1, 0.15) is 12.0 Å². The van der Waals surface area contributed by atoms with Crippen molar-refractivity contribution in [2.45, 2.75) is 32.8 Å². The number of benzene rings is 1. The summed E-state index contributed by atoms with van der Waals surface area (Å²) in [5, 5.41) is 10.9. The Kier molecular flexibility index (Phi) is 6.90. The zero-order chi connectivity index (χ0) is 22.7. The summed E-state index contributed by atoms with van der Waals surface area (Å²) >= 11 is 12.6. The molecule has 1 aliphatic heterocycles. The van der Waals surface area contributed by atoms with Crippen LogP contribution >= 0.6 is 23.2 Å². The molecule has 1 saturated heterocycles. The molecule has 4 rings (SSSR count). The number of hydrogen-bond acceptors (Lipinski definition) is 7. The summed E-state index contributed by atoms with van der Waals surface area (Å²) in [6, 6.07) is 7.36. The van der Waals surface area contributed by atoms with Gasteiger partial charge in [0.15, 0.2) is 5.82 Å². The first-order chi connectivity index (χ1) is 15.5. The minimum Gasteiger partial charge on any atom is -0.390 e. The minimum absolute atomic E-state index is 0.0129. The lowest BCUT2D eigenvalue weighted by atomic mass is 9.75. The molecule has 168 valence electrons. The molecule has 0 spiro atoms. The van der Waals surface area contributed by atoms with Gasteiger partial charge in [0.05, 0.1) is 28.0 Å². The van der Waals surface area contributed by atoms with Crippen LogP contribution in [0.5, 0.6) is 0 Å². The van der Waals surface area contributed by atoms with E-state index in [0.717, 1.165) is 43.7 Å². The Hall–Kier alpha value is -2.32. The van der Waals surface area contributed by atoms with Gasteiger partial charge in [-0.05, 0) is 50.3 Å². The molecular weight excluding hydrogens is 447 g/mol. The molecule has 0 unspecified atom stereocenters. The van der Waals surface area contributed by atoms with E-state index in [1.165, 1.54) is 0 Å². The van der Waals surface area contributed by atoms with Crippen LogP contribution in [0.1, 0.15) is 29.9 Å². The van der Waals surface area contributed by atoms with E-state index in [1.54, 1.807) is 18.6 Å². The number of aryl methyl sites for hydroxylation is 1. The fourth-order valence-corrected chi connectivity index (χ4v) is 4.69. The third-order valence-corrected chi connectivity index (χ3v) is 7.05. The lowest BCUT2D eigenvalue weighted by Crippen LogP contribution is -2.46. The first kappa shape index (κ1) is 22.9. The van der Waals surface area contributed by atoms with Crippen molar-refractivity contribution in [2.24, 2.45) is 11.1 Å². The Morgan fingerprint density at radius 2 is 1.94 bits per heavy atom. The van der Waals surface area contributed by atoms with Crippen LogP contribution in [0.4, 0.5) is 5.82 Å². The van der Waals surface area contributed by atoms with Gasteiger partial charge in [-0.3, -0.25) is 0 Å². The van der Waals surface area contributed by atoms with Gasteiger partial charge in [-0.15, -0.1) is 0 Å². The molecule has 0 bridgehead atoms. The summed E-state index contributed by atoms with van der Waals surface area (Å²) in [7, 11) is 0. The molecule has 3 heterocycles. The lowest BCUT2D eigenvalue weighted by molar-refractivity contribution is 0.222. The summed E-state index contributed by atoms with van der Waals surface area (Å²) in [5.41, 5.74) is 9.79. The van der Waals surface area contributed by atoms with Crippen molar-refractivity contribution in [1.29, 1.82) is 0 Å². The van der Waals surface area contributed by atoms with Gasteiger partial charge in [-0.1, -0.05) is 35.3 Å². The maximum atomic E-state index is 10.1. The van der Waals surface area contributed by atoms with E-state index in [-0.39, 0.29) is 12.0 Å². The van der Waals surface area contributed by atoms with Gasteiger partial charge in [0.2, 0.25) is 0 Å². The standard InChI is InChI=1S/C23H26Cl2N6O/c1-15-21(17-3-2-4-18(24)20(17)25)30-19(12-32)22(29-15)31-9-6-23(13-26,7-10-31)11-16-5-8-27-14-28-16/h2-5,8,14,32H,6-7,9-13,26H2,1H3. The summed E-state index contributed by atoms with van der Waals surface area (Å²) < 4.78 is 0. The number of aromatic nitrogens is 4. The number of aliphatic hydroxyl groups excluding tert-OH is 1. The van der Waals surface area contributed by atoms with Gasteiger partial charge < -0.3 is 15.7 Å². The summed E-state index contributed by atoms with van der Waals surface area (Å²) in [4.78, 5) is 20.1. The van der Waals surface area contributed by atoms with Gasteiger partial charge in [-0.25, -0.2) is 19.9 Å². The summed E-state index contributed by atoms with van der Waals surface area (Å²) in [5.74, 6) is 0.708. The number of hydrogen-bond donors (Lipinski definition) is 2. The van der Waals surface area contributed by atoms with Crippen molar-refractivity contribution < 1.29 is 5.11 Å². The molecule has 7 nitrogen and oxygen atoms in total. The van der Waals surface area contributed by atoms with Crippen LogP contribution in [0.2, 0.25) is 10.0 Å². The molecule has 2 aromatic heterocycles. The molecule has 0 saturated carbocycles. The Bertz CT molecular complexity index is 1090. The Balaban J connectivity index is 1.58. The van der Waals surface area contributed by atoms with E-state index < -0.39 is 0 Å². The zero-order valence-electron chi connectivity index (χ0n) is 17.9. The number of nitrogens with two attached hydrogens (primary N) is 1. The minimum atomic E-state index is -0.215. The highest BCUT2D eigenvalue weighted by Crippen LogP contribution is 2.38. The maximum Gasteiger partial charge on any atom is 0.153 e. The monoisotopic (exact) mass is 472 g/mol. The van der Waals surface area contributed by atoms with Crippen LogP contribution in [0.3, 0.4) is 0 Å². The van der Waals surface area contributed by atoms with Crippen LogP contribution in [-0.2, 0) is 13.0 Å². The lowest BCUT2D eigenvalue weighted by Gasteiger charge is -2.42. The van der Waals surface area contributed by atoms with Crippen molar-refractivity contribution >= 4 is 29.0 Å². The molecule has 0 amide bonds. The van der Waals surface area contributed by atoms with Crippen LogP contribution < -0.4 is 10.6 Å². The van der Waals surface area contributed by atoms with E-state index in [2.05, 4.69) is 14.9 Å². The number of anilines is 1. The van der Waals surface area contributed by atoms with Gasteiger partial charge in [0.25, 0.3) is 0 Å². The number of rotatable bonds is 6. The van der Waals surface area contributed by atoms with Crippen molar-refractivity contribution in [3.05, 3.63) is 63.9 Å². The van der Waals surface area contributed by atoms with Crippen LogP contribution in [0, 0.1) is 12.3 Å². The molecule has 1 aromatic carbocycles. The Morgan fingerprint density at radius 3 is 2.59 bits per heavy atom. The number of nitrogens with zero attached hydrogens (tertiary/aromatic N) is 5. The molecule has 0 radical (unpaired) electrons. The maximum absolute atomic E-state index is 10.1. The van der Waals surface area contributed by atoms with E-state index in [1.807, 2.05) is 25.1 Å². The van der Waals surface area contributed by atoms with Crippen LogP contribution in [-0.4, -0.2) is 44.7 Å². The smallest absolute Gasteiger partial charge is 0.153 e. The molecule has 9 heteroatoms. The molecule has 32 heavy (non-hydrogen) atoms. The van der Waals surface area contributed by atoms with E-state index >= 15 is 0 Å². The van der Waals surface area contributed by atoms with Gasteiger partial charge >= 0.3 is 0 Å². The largest absolute Gasteiger partial charge is 0.390 e. The van der Waals surface area contributed by atoms with Crippen molar-refractivity contribution in [2.75, 3.05) is 24.5 Å². The van der Waals surface area contributed by atoms with Crippen molar-refractivity contribution in [1.82, 2.24) is 19.9 Å². The molecule has 3 aromatic rings. The molecule has 1 fully saturated rings. The predicted octanol–water partition coefficient (Wildman–Crippen LogP) is 3.83. The van der Waals surface area contributed by atoms with E-state index in [9.17, 15) is 5.11 Å². The van der Waals surface area contributed by atoms with Crippen molar-refractivity contribution in [3.63, 3.8) is 0 Å². The van der Waals surface area contributed by atoms with E-state index in [0.29, 0.717) is 39.4 Å². The number of aliphatic hydroxyl groups is 1. The highest BCUT2D eigenvalue weighted by molar-refractivity contribution is 6.43. The third kappa shape index (κ3) is 4.57. The van der Waals surface area contributed by atoms with Gasteiger partial charge in [0, 0.05) is 30.5 Å². The molecule has 3 N–H and O–H groups in total. The summed E-state index contributed by atoms with van der Waals surface area (Å²) in [6.07, 6.45) is 5.97. The Labute approximate surface area is 197 Å². The Morgan fingerprint density at radius 1 is 1.16 bits per heavy atom. The average molecular weight is 473 g/mol. The van der Waals surface area contributed by atoms with Crippen molar-refractivity contribution in [3.8, 4) is 11.3 Å². The van der Waals surface area contributed by atoms with E-state index in [4.69, 9.17) is 38.9 Å². The molecular formula is C23H26Cl2N6O. The second-order valence-corrected chi connectivity index (χ2v) is 9.04. The predicted molar refractivity (Wildman–Crippen MR) is 127 cm³/mol. The van der Waals surface area contributed by atoms with Gasteiger partial charge in [-0.2, -0.15) is 0 Å². The number of halogens is 2. The zero-order valence-corrected chi connectivity index (χ0v) is 19.4. The SMILES string of the molecule is Cc1nc(N2CCC(CN)(Cc3ccncn3)CC2)c(CO)nc1-c1cccc(Cl)c1Cl. The highest BCUT2D eigenvalue weighted by atomic mass is 35.5. The second kappa shape index (κ2) is 9.67. The van der Waals surface area contributed by atoms with Crippen LogP contribution in [0.15, 0.2) is 36.8 Å². The normalized spacial score (nSPS) is 15.7. The highest BCUT2D eigenvalue weighted by Gasteiger charge is 2.35. The fraction of sp³-hybridized carbons (Fsp3) is 0.391. The molecule has 1 aliphatic rings. The number of piperidine rings is 1. The van der Waals surface area contributed by atoms with Crippen LogP contribution in [0.25, 0.3) is 11.3 Å². The fourth-order valence-electron chi connectivity index (χ4n) is 4.30. The first-order valence-corrected chi connectivity index (χ1v) is 11.3. The summed E-state index contributed by atoms with van der Waals surface area (Å²) in [6.45, 7) is 3.83. The average Bonchev–Trinajstić information content (AvgIpc) is 2.82. The quantitative estimate of drug-likeness (QED) is 0.561. The molecule has 0 aliphatic carbocycles. The first-order valence-electron chi connectivity index (χ1n) is 10.6. The third-order valence-electron chi connectivity index (χ3n) is 6.23. The molecule has 0 atom stereocenters. The second-order valence-electron chi connectivity index (χ2n) is 8.26.